The molecule has 0 heterocycles. The Hall–Kier alpha value is -1.28. The van der Waals surface area contributed by atoms with E-state index in [4.69, 9.17) is 10.9 Å². The van der Waals surface area contributed by atoms with Gasteiger partial charge in [-0.05, 0) is 30.5 Å². The van der Waals surface area contributed by atoms with Crippen molar-refractivity contribution in [3.05, 3.63) is 28.2 Å². The van der Waals surface area contributed by atoms with Crippen molar-refractivity contribution >= 4 is 37.5 Å². The number of nitrogens with one attached hydrogen (secondary N) is 1. The molecule has 0 unspecified atom stereocenters. The van der Waals surface area contributed by atoms with Crippen molar-refractivity contribution in [3.63, 3.8) is 0 Å². The van der Waals surface area contributed by atoms with Crippen molar-refractivity contribution in [1.29, 1.82) is 0 Å². The summed E-state index contributed by atoms with van der Waals surface area (Å²) in [6.45, 7) is 3.91. The van der Waals surface area contributed by atoms with Gasteiger partial charge in [0.2, 0.25) is 10.0 Å². The minimum atomic E-state index is -3.47. The number of rotatable bonds is 6. The molecule has 0 amide bonds. The number of benzene rings is 1. The van der Waals surface area contributed by atoms with Crippen LogP contribution in [0, 0.1) is 5.92 Å². The first-order valence-corrected chi connectivity index (χ1v) is 8.47. The van der Waals surface area contributed by atoms with Gasteiger partial charge in [0.15, 0.2) is 5.84 Å². The fourth-order valence-corrected chi connectivity index (χ4v) is 3.24. The second-order valence-electron chi connectivity index (χ2n) is 4.78. The summed E-state index contributed by atoms with van der Waals surface area (Å²) >= 11 is 3.26. The Bertz CT molecular complexity index is 600. The fourth-order valence-electron chi connectivity index (χ4n) is 1.49. The molecule has 0 aliphatic rings. The molecular formula is C12H18BrN3O3S. The second kappa shape index (κ2) is 6.94. The normalized spacial score (nSPS) is 12.7. The molecule has 0 bridgehead atoms. The van der Waals surface area contributed by atoms with Gasteiger partial charge in [0.1, 0.15) is 0 Å². The lowest BCUT2D eigenvalue weighted by atomic mass is 10.2. The van der Waals surface area contributed by atoms with Crippen molar-refractivity contribution in [3.8, 4) is 0 Å². The van der Waals surface area contributed by atoms with Gasteiger partial charge in [0.25, 0.3) is 0 Å². The molecule has 1 rings (SSSR count). The van der Waals surface area contributed by atoms with Crippen LogP contribution < -0.4 is 10.5 Å². The Labute approximate surface area is 127 Å². The van der Waals surface area contributed by atoms with Crippen LogP contribution in [0.15, 0.2) is 27.8 Å². The number of halogens is 1. The van der Waals surface area contributed by atoms with Gasteiger partial charge in [-0.2, -0.15) is 0 Å². The van der Waals surface area contributed by atoms with Gasteiger partial charge in [0, 0.05) is 10.0 Å². The predicted molar refractivity (Wildman–Crippen MR) is 83.5 cm³/mol. The highest BCUT2D eigenvalue weighted by Crippen LogP contribution is 2.23. The number of amidine groups is 1. The summed E-state index contributed by atoms with van der Waals surface area (Å²) in [4.78, 5) is 0. The molecule has 0 aliphatic carbocycles. The molecule has 0 saturated carbocycles. The number of anilines is 1. The highest BCUT2D eigenvalue weighted by Gasteiger charge is 2.15. The molecule has 4 N–H and O–H groups in total. The zero-order valence-corrected chi connectivity index (χ0v) is 13.7. The van der Waals surface area contributed by atoms with E-state index in [9.17, 15) is 8.42 Å². The standard InChI is InChI=1S/C12H18BrN3O3S/c1-8(2)5-6-20(18,19)16-11-7-9(13)3-4-10(11)12(14)15-17/h3-4,7-8,16-17H,5-6H2,1-2H3,(H2,14,15). The molecule has 20 heavy (non-hydrogen) atoms. The summed E-state index contributed by atoms with van der Waals surface area (Å²) in [7, 11) is -3.47. The van der Waals surface area contributed by atoms with E-state index in [1.807, 2.05) is 13.8 Å². The summed E-state index contributed by atoms with van der Waals surface area (Å²) in [5, 5.41) is 11.6. The lowest BCUT2D eigenvalue weighted by Crippen LogP contribution is -2.22. The Balaban J connectivity index is 3.05. The van der Waals surface area contributed by atoms with E-state index in [0.717, 1.165) is 0 Å². The van der Waals surface area contributed by atoms with Crippen LogP contribution in [0.3, 0.4) is 0 Å². The number of nitrogens with zero attached hydrogens (tertiary/aromatic N) is 1. The number of oxime groups is 1. The molecule has 0 aromatic heterocycles. The minimum Gasteiger partial charge on any atom is -0.409 e. The maximum atomic E-state index is 12.0. The molecule has 112 valence electrons. The third-order valence-corrected chi connectivity index (χ3v) is 4.39. The first-order valence-electron chi connectivity index (χ1n) is 6.03. The lowest BCUT2D eigenvalue weighted by molar-refractivity contribution is 0.318. The van der Waals surface area contributed by atoms with Gasteiger partial charge in [-0.3, -0.25) is 4.72 Å². The molecule has 0 fully saturated rings. The zero-order chi connectivity index (χ0) is 15.3. The first kappa shape index (κ1) is 16.8. The van der Waals surface area contributed by atoms with Crippen LogP contribution in [-0.2, 0) is 10.0 Å². The smallest absolute Gasteiger partial charge is 0.232 e. The summed E-state index contributed by atoms with van der Waals surface area (Å²) in [5.74, 6) is 0.156. The summed E-state index contributed by atoms with van der Waals surface area (Å²) in [6, 6.07) is 4.82. The molecule has 0 saturated heterocycles. The third-order valence-electron chi connectivity index (χ3n) is 2.59. The third kappa shape index (κ3) is 5.01. The lowest BCUT2D eigenvalue weighted by Gasteiger charge is -2.13. The zero-order valence-electron chi connectivity index (χ0n) is 11.3. The molecular weight excluding hydrogens is 346 g/mol. The topological polar surface area (TPSA) is 105 Å². The number of hydrogen-bond acceptors (Lipinski definition) is 4. The molecule has 0 atom stereocenters. The first-order chi connectivity index (χ1) is 9.25. The monoisotopic (exact) mass is 363 g/mol. The quantitative estimate of drug-likeness (QED) is 0.312. The van der Waals surface area contributed by atoms with Crippen LogP contribution in [-0.4, -0.2) is 25.2 Å². The van der Waals surface area contributed by atoms with Crippen LogP contribution in [0.5, 0.6) is 0 Å². The maximum absolute atomic E-state index is 12.0. The Morgan fingerprint density at radius 1 is 1.50 bits per heavy atom. The van der Waals surface area contributed by atoms with Gasteiger partial charge in [0.05, 0.1) is 11.4 Å². The van der Waals surface area contributed by atoms with Crippen LogP contribution in [0.4, 0.5) is 5.69 Å². The van der Waals surface area contributed by atoms with E-state index < -0.39 is 10.0 Å². The van der Waals surface area contributed by atoms with E-state index >= 15 is 0 Å². The van der Waals surface area contributed by atoms with Crippen molar-refractivity contribution in [1.82, 2.24) is 0 Å². The SMILES string of the molecule is CC(C)CCS(=O)(=O)Nc1cc(Br)ccc1/C(N)=N/O. The van der Waals surface area contributed by atoms with E-state index in [-0.39, 0.29) is 23.2 Å². The summed E-state index contributed by atoms with van der Waals surface area (Å²) < 4.78 is 27.2. The van der Waals surface area contributed by atoms with E-state index in [1.54, 1.807) is 18.2 Å². The minimum absolute atomic E-state index is 0.0206. The maximum Gasteiger partial charge on any atom is 0.232 e. The van der Waals surface area contributed by atoms with Gasteiger partial charge in [-0.15, -0.1) is 0 Å². The van der Waals surface area contributed by atoms with Crippen LogP contribution in [0.1, 0.15) is 25.8 Å². The Morgan fingerprint density at radius 3 is 2.70 bits per heavy atom. The van der Waals surface area contributed by atoms with Crippen LogP contribution in [0.25, 0.3) is 0 Å². The molecule has 0 spiro atoms. The Kier molecular flexibility index (Phi) is 5.82. The largest absolute Gasteiger partial charge is 0.409 e. The summed E-state index contributed by atoms with van der Waals surface area (Å²) in [6.07, 6.45) is 0.558. The van der Waals surface area contributed by atoms with E-state index in [0.29, 0.717) is 16.5 Å². The van der Waals surface area contributed by atoms with E-state index in [2.05, 4.69) is 25.8 Å². The number of nitrogens with two attached hydrogens (primary N) is 1. The van der Waals surface area contributed by atoms with Crippen molar-refractivity contribution in [2.45, 2.75) is 20.3 Å². The molecule has 6 nitrogen and oxygen atoms in total. The number of sulfonamides is 1. The average Bonchev–Trinajstić information content (AvgIpc) is 2.35. The van der Waals surface area contributed by atoms with Gasteiger partial charge >= 0.3 is 0 Å². The fraction of sp³-hybridized carbons (Fsp3) is 0.417. The average molecular weight is 364 g/mol. The van der Waals surface area contributed by atoms with Crippen molar-refractivity contribution < 1.29 is 13.6 Å². The predicted octanol–water partition coefficient (Wildman–Crippen LogP) is 2.33. The van der Waals surface area contributed by atoms with Crippen molar-refractivity contribution in [2.24, 2.45) is 16.8 Å². The summed E-state index contributed by atoms with van der Waals surface area (Å²) in [5.41, 5.74) is 6.14. The van der Waals surface area contributed by atoms with Gasteiger partial charge in [-0.1, -0.05) is 34.9 Å². The highest BCUT2D eigenvalue weighted by atomic mass is 79.9. The molecule has 8 heteroatoms. The molecule has 1 aromatic rings. The molecule has 0 radical (unpaired) electrons. The van der Waals surface area contributed by atoms with Crippen molar-refractivity contribution in [2.75, 3.05) is 10.5 Å². The highest BCUT2D eigenvalue weighted by molar-refractivity contribution is 9.10. The van der Waals surface area contributed by atoms with Crippen LogP contribution in [0.2, 0.25) is 0 Å². The Morgan fingerprint density at radius 2 is 2.15 bits per heavy atom. The van der Waals surface area contributed by atoms with Gasteiger partial charge < -0.3 is 10.9 Å². The number of hydrogen-bond donors (Lipinski definition) is 3. The van der Waals surface area contributed by atoms with Crippen LogP contribution >= 0.6 is 15.9 Å². The second-order valence-corrected chi connectivity index (χ2v) is 7.54. The van der Waals surface area contributed by atoms with Gasteiger partial charge in [-0.25, -0.2) is 8.42 Å². The van der Waals surface area contributed by atoms with E-state index in [1.165, 1.54) is 0 Å². The molecule has 1 aromatic carbocycles. The molecule has 0 aliphatic heterocycles.